The summed E-state index contributed by atoms with van der Waals surface area (Å²) < 4.78 is 0. The standard InChI is InChI=1S/C13H18N4O/c1-7(2)12-9(4)16-17(13(12)18)11-6-8(3)14-10(5)15-11/h6-7,12H,1-5H3. The number of carbonyl (C=O) groups is 1. The second-order valence-electron chi connectivity index (χ2n) is 5.03. The van der Waals surface area contributed by atoms with Crippen LogP contribution in [-0.4, -0.2) is 21.6 Å². The lowest BCUT2D eigenvalue weighted by Crippen LogP contribution is -2.30. The first-order valence-corrected chi connectivity index (χ1v) is 6.11. The maximum atomic E-state index is 12.3. The minimum Gasteiger partial charge on any atom is -0.272 e. The molecule has 5 nitrogen and oxygen atoms in total. The van der Waals surface area contributed by atoms with Crippen LogP contribution in [-0.2, 0) is 4.79 Å². The van der Waals surface area contributed by atoms with Crippen LogP contribution in [0.3, 0.4) is 0 Å². The lowest BCUT2D eigenvalue weighted by atomic mass is 9.92. The molecule has 0 radical (unpaired) electrons. The summed E-state index contributed by atoms with van der Waals surface area (Å²) >= 11 is 0. The molecule has 2 rings (SSSR count). The average molecular weight is 246 g/mol. The molecule has 0 aromatic carbocycles. The van der Waals surface area contributed by atoms with E-state index in [1.807, 2.05) is 34.6 Å². The molecule has 0 saturated heterocycles. The number of aromatic nitrogens is 2. The molecule has 2 heterocycles. The van der Waals surface area contributed by atoms with Gasteiger partial charge in [-0.25, -0.2) is 9.97 Å². The molecule has 1 aliphatic heterocycles. The van der Waals surface area contributed by atoms with E-state index in [0.29, 0.717) is 11.6 Å². The molecular weight excluding hydrogens is 228 g/mol. The van der Waals surface area contributed by atoms with E-state index in [9.17, 15) is 4.79 Å². The highest BCUT2D eigenvalue weighted by Gasteiger charge is 2.37. The number of carbonyl (C=O) groups excluding carboxylic acids is 1. The lowest BCUT2D eigenvalue weighted by molar-refractivity contribution is -0.120. The number of rotatable bonds is 2. The number of hydrazone groups is 1. The molecule has 18 heavy (non-hydrogen) atoms. The van der Waals surface area contributed by atoms with E-state index >= 15 is 0 Å². The molecule has 0 fully saturated rings. The van der Waals surface area contributed by atoms with E-state index in [1.54, 1.807) is 6.07 Å². The molecule has 0 spiro atoms. The fraction of sp³-hybridized carbons (Fsp3) is 0.538. The summed E-state index contributed by atoms with van der Waals surface area (Å²) in [6, 6.07) is 1.78. The van der Waals surface area contributed by atoms with Gasteiger partial charge in [0.25, 0.3) is 5.91 Å². The van der Waals surface area contributed by atoms with Gasteiger partial charge in [0.1, 0.15) is 5.82 Å². The summed E-state index contributed by atoms with van der Waals surface area (Å²) in [5.41, 5.74) is 1.69. The summed E-state index contributed by atoms with van der Waals surface area (Å²) in [7, 11) is 0. The number of hydrogen-bond acceptors (Lipinski definition) is 4. The van der Waals surface area contributed by atoms with Crippen molar-refractivity contribution >= 4 is 17.4 Å². The van der Waals surface area contributed by atoms with Crippen molar-refractivity contribution in [2.45, 2.75) is 34.6 Å². The number of amides is 1. The third kappa shape index (κ3) is 2.12. The van der Waals surface area contributed by atoms with Gasteiger partial charge >= 0.3 is 0 Å². The van der Waals surface area contributed by atoms with E-state index in [0.717, 1.165) is 11.4 Å². The molecule has 5 heteroatoms. The maximum Gasteiger partial charge on any atom is 0.257 e. The largest absolute Gasteiger partial charge is 0.272 e. The molecule has 1 unspecified atom stereocenters. The van der Waals surface area contributed by atoms with E-state index in [1.165, 1.54) is 5.01 Å². The Morgan fingerprint density at radius 3 is 2.39 bits per heavy atom. The van der Waals surface area contributed by atoms with Crippen LogP contribution >= 0.6 is 0 Å². The van der Waals surface area contributed by atoms with Crippen molar-refractivity contribution in [3.05, 3.63) is 17.6 Å². The van der Waals surface area contributed by atoms with Gasteiger partial charge in [0.15, 0.2) is 5.82 Å². The van der Waals surface area contributed by atoms with Crippen LogP contribution < -0.4 is 5.01 Å². The summed E-state index contributed by atoms with van der Waals surface area (Å²) in [5, 5.41) is 5.74. The fourth-order valence-corrected chi connectivity index (χ4v) is 2.32. The van der Waals surface area contributed by atoms with Crippen LogP contribution in [0.4, 0.5) is 5.82 Å². The number of nitrogens with zero attached hydrogens (tertiary/aromatic N) is 4. The van der Waals surface area contributed by atoms with Gasteiger partial charge in [-0.05, 0) is 26.7 Å². The molecule has 1 amide bonds. The summed E-state index contributed by atoms with van der Waals surface area (Å²) in [6.07, 6.45) is 0. The van der Waals surface area contributed by atoms with Gasteiger partial charge in [0.2, 0.25) is 0 Å². The van der Waals surface area contributed by atoms with Gasteiger partial charge in [-0.3, -0.25) is 4.79 Å². The van der Waals surface area contributed by atoms with E-state index in [-0.39, 0.29) is 17.7 Å². The monoisotopic (exact) mass is 246 g/mol. The smallest absolute Gasteiger partial charge is 0.257 e. The van der Waals surface area contributed by atoms with Crippen molar-refractivity contribution in [3.8, 4) is 0 Å². The summed E-state index contributed by atoms with van der Waals surface area (Å²) in [5.74, 6) is 1.32. The van der Waals surface area contributed by atoms with Crippen molar-refractivity contribution in [2.75, 3.05) is 5.01 Å². The molecule has 0 bridgehead atoms. The quantitative estimate of drug-likeness (QED) is 0.802. The Kier molecular flexibility index (Phi) is 3.15. The zero-order valence-electron chi connectivity index (χ0n) is 11.4. The van der Waals surface area contributed by atoms with E-state index < -0.39 is 0 Å². The Labute approximate surface area is 107 Å². The molecule has 1 atom stereocenters. The normalized spacial score (nSPS) is 19.7. The molecule has 0 N–H and O–H groups in total. The fourth-order valence-electron chi connectivity index (χ4n) is 2.32. The third-order valence-electron chi connectivity index (χ3n) is 3.02. The van der Waals surface area contributed by atoms with Crippen molar-refractivity contribution in [1.29, 1.82) is 0 Å². The Balaban J connectivity index is 2.39. The number of anilines is 1. The van der Waals surface area contributed by atoms with Gasteiger partial charge in [0, 0.05) is 17.5 Å². The van der Waals surface area contributed by atoms with Crippen molar-refractivity contribution < 1.29 is 4.79 Å². The topological polar surface area (TPSA) is 58.5 Å². The molecule has 96 valence electrons. The van der Waals surface area contributed by atoms with Gasteiger partial charge in [-0.1, -0.05) is 13.8 Å². The second-order valence-corrected chi connectivity index (χ2v) is 5.03. The first kappa shape index (κ1) is 12.7. The van der Waals surface area contributed by atoms with Crippen LogP contribution in [0, 0.1) is 25.7 Å². The van der Waals surface area contributed by atoms with Gasteiger partial charge in [-0.2, -0.15) is 10.1 Å². The highest BCUT2D eigenvalue weighted by molar-refractivity contribution is 6.14. The van der Waals surface area contributed by atoms with Crippen LogP contribution in [0.25, 0.3) is 0 Å². The van der Waals surface area contributed by atoms with Crippen LogP contribution in [0.15, 0.2) is 11.2 Å². The molecule has 1 aromatic rings. The molecule has 1 aliphatic rings. The van der Waals surface area contributed by atoms with E-state index in [2.05, 4.69) is 15.1 Å². The first-order chi connectivity index (χ1) is 8.40. The maximum absolute atomic E-state index is 12.3. The molecule has 0 saturated carbocycles. The van der Waals surface area contributed by atoms with Crippen LogP contribution in [0.1, 0.15) is 32.3 Å². The highest BCUT2D eigenvalue weighted by atomic mass is 16.2. The Morgan fingerprint density at radius 2 is 1.89 bits per heavy atom. The van der Waals surface area contributed by atoms with Crippen LogP contribution in [0.5, 0.6) is 0 Å². The predicted molar refractivity (Wildman–Crippen MR) is 70.4 cm³/mol. The Bertz CT molecular complexity index is 501. The minimum absolute atomic E-state index is 0.000000000000000444. The average Bonchev–Trinajstić information content (AvgIpc) is 2.52. The summed E-state index contributed by atoms with van der Waals surface area (Å²) in [4.78, 5) is 20.8. The molecule has 0 aliphatic carbocycles. The SMILES string of the molecule is CC1=NN(c2cc(C)nc(C)n2)C(=O)C1C(C)C. The Morgan fingerprint density at radius 1 is 1.22 bits per heavy atom. The highest BCUT2D eigenvalue weighted by Crippen LogP contribution is 2.27. The number of hydrogen-bond donors (Lipinski definition) is 0. The Hall–Kier alpha value is -1.78. The minimum atomic E-state index is -0.138. The molecular formula is C13H18N4O. The lowest BCUT2D eigenvalue weighted by Gasteiger charge is -2.16. The second kappa shape index (κ2) is 4.48. The van der Waals surface area contributed by atoms with Crippen molar-refractivity contribution in [2.24, 2.45) is 16.9 Å². The third-order valence-corrected chi connectivity index (χ3v) is 3.02. The number of aryl methyl sites for hydroxylation is 2. The van der Waals surface area contributed by atoms with E-state index in [4.69, 9.17) is 0 Å². The predicted octanol–water partition coefficient (Wildman–Crippen LogP) is 2.09. The van der Waals surface area contributed by atoms with Gasteiger partial charge in [-0.15, -0.1) is 0 Å². The zero-order valence-corrected chi connectivity index (χ0v) is 11.4. The van der Waals surface area contributed by atoms with Crippen LogP contribution in [0.2, 0.25) is 0 Å². The van der Waals surface area contributed by atoms with Gasteiger partial charge in [0.05, 0.1) is 5.92 Å². The zero-order chi connectivity index (χ0) is 13.4. The summed E-state index contributed by atoms with van der Waals surface area (Å²) in [6.45, 7) is 9.65. The van der Waals surface area contributed by atoms with Crippen molar-refractivity contribution in [3.63, 3.8) is 0 Å². The van der Waals surface area contributed by atoms with Crippen molar-refractivity contribution in [1.82, 2.24) is 9.97 Å². The van der Waals surface area contributed by atoms with Gasteiger partial charge < -0.3 is 0 Å². The molecule has 1 aromatic heterocycles. The first-order valence-electron chi connectivity index (χ1n) is 6.11.